The van der Waals surface area contributed by atoms with Crippen LogP contribution in [0.15, 0.2) is 35.7 Å². The quantitative estimate of drug-likeness (QED) is 0.710. The Kier molecular flexibility index (Phi) is 4.32. The third-order valence-corrected chi connectivity index (χ3v) is 5.39. The van der Waals surface area contributed by atoms with Crippen LogP contribution in [0.3, 0.4) is 0 Å². The topological polar surface area (TPSA) is 63.9 Å². The van der Waals surface area contributed by atoms with Crippen LogP contribution in [-0.2, 0) is 6.54 Å². The molecule has 3 aromatic rings. The fourth-order valence-corrected chi connectivity index (χ4v) is 4.01. The molecule has 6 nitrogen and oxygen atoms in total. The minimum atomic E-state index is -0.108. The van der Waals surface area contributed by atoms with Crippen LogP contribution >= 0.6 is 11.3 Å². The molecule has 0 spiro atoms. The SMILES string of the molecule is Cc1nc(C(=O)N2CCn3nc(-c4ccccc4)nc3[C@@H]2C(C)C)cs1. The van der Waals surface area contributed by atoms with Crippen molar-refractivity contribution in [2.24, 2.45) is 5.92 Å². The van der Waals surface area contributed by atoms with E-state index in [9.17, 15) is 4.79 Å². The van der Waals surface area contributed by atoms with Crippen LogP contribution < -0.4 is 0 Å². The van der Waals surface area contributed by atoms with Crippen molar-refractivity contribution in [3.8, 4) is 11.4 Å². The largest absolute Gasteiger partial charge is 0.325 e. The normalized spacial score (nSPS) is 16.8. The van der Waals surface area contributed by atoms with Gasteiger partial charge in [-0.1, -0.05) is 44.2 Å². The summed E-state index contributed by atoms with van der Waals surface area (Å²) in [6.45, 7) is 7.41. The van der Waals surface area contributed by atoms with E-state index in [2.05, 4.69) is 23.9 Å². The summed E-state index contributed by atoms with van der Waals surface area (Å²) in [6, 6.07) is 9.85. The van der Waals surface area contributed by atoms with E-state index in [0.717, 1.165) is 16.4 Å². The number of hydrogen-bond acceptors (Lipinski definition) is 5. The molecule has 0 N–H and O–H groups in total. The van der Waals surface area contributed by atoms with Crippen molar-refractivity contribution in [3.63, 3.8) is 0 Å². The molecule has 4 rings (SSSR count). The first-order valence-corrected chi connectivity index (χ1v) is 9.66. The second-order valence-corrected chi connectivity index (χ2v) is 7.88. The molecule has 26 heavy (non-hydrogen) atoms. The van der Waals surface area contributed by atoms with Crippen LogP contribution in [0.4, 0.5) is 0 Å². The molecule has 1 aromatic carbocycles. The van der Waals surface area contributed by atoms with Crippen molar-refractivity contribution in [2.75, 3.05) is 6.54 Å². The van der Waals surface area contributed by atoms with Crippen molar-refractivity contribution in [2.45, 2.75) is 33.4 Å². The van der Waals surface area contributed by atoms with Gasteiger partial charge < -0.3 is 4.90 Å². The molecule has 1 aliphatic heterocycles. The zero-order valence-corrected chi connectivity index (χ0v) is 15.9. The number of hydrogen-bond donors (Lipinski definition) is 0. The Morgan fingerprint density at radius 3 is 2.62 bits per heavy atom. The standard InChI is InChI=1S/C19H21N5OS/c1-12(2)16-18-21-17(14-7-5-4-6-8-14)22-24(18)10-9-23(16)19(25)15-11-26-13(3)20-15/h4-8,11-12,16H,9-10H2,1-3H3/t16-/m0/s1. The molecule has 134 valence electrons. The highest BCUT2D eigenvalue weighted by Gasteiger charge is 2.36. The summed E-state index contributed by atoms with van der Waals surface area (Å²) in [5.41, 5.74) is 1.51. The average molecular weight is 367 g/mol. The number of nitrogens with zero attached hydrogens (tertiary/aromatic N) is 5. The number of benzene rings is 1. The lowest BCUT2D eigenvalue weighted by Crippen LogP contribution is -2.44. The van der Waals surface area contributed by atoms with Gasteiger partial charge in [0.05, 0.1) is 17.6 Å². The average Bonchev–Trinajstić information content (AvgIpc) is 3.27. The number of aryl methyl sites for hydroxylation is 1. The Morgan fingerprint density at radius 1 is 1.19 bits per heavy atom. The fourth-order valence-electron chi connectivity index (χ4n) is 3.42. The Balaban J connectivity index is 1.71. The van der Waals surface area contributed by atoms with Crippen LogP contribution in [0, 0.1) is 12.8 Å². The maximum Gasteiger partial charge on any atom is 0.274 e. The number of carbonyl (C=O) groups is 1. The van der Waals surface area contributed by atoms with E-state index in [-0.39, 0.29) is 17.9 Å². The highest BCUT2D eigenvalue weighted by atomic mass is 32.1. The summed E-state index contributed by atoms with van der Waals surface area (Å²) in [4.78, 5) is 24.1. The molecule has 1 amide bonds. The van der Waals surface area contributed by atoms with Crippen LogP contribution in [-0.4, -0.2) is 37.1 Å². The number of fused-ring (bicyclic) bond motifs is 1. The molecule has 3 heterocycles. The number of carbonyl (C=O) groups excluding carboxylic acids is 1. The molecule has 0 aliphatic carbocycles. The maximum atomic E-state index is 13.0. The molecular formula is C19H21N5OS. The summed E-state index contributed by atoms with van der Waals surface area (Å²) in [6.07, 6.45) is 0. The zero-order valence-electron chi connectivity index (χ0n) is 15.1. The van der Waals surface area contributed by atoms with Gasteiger partial charge in [0.1, 0.15) is 5.69 Å². The molecule has 0 fully saturated rings. The van der Waals surface area contributed by atoms with Crippen molar-refractivity contribution >= 4 is 17.2 Å². The van der Waals surface area contributed by atoms with Gasteiger partial charge >= 0.3 is 0 Å². The summed E-state index contributed by atoms with van der Waals surface area (Å²) in [5, 5.41) is 7.42. The predicted molar refractivity (Wildman–Crippen MR) is 101 cm³/mol. The van der Waals surface area contributed by atoms with E-state index in [4.69, 9.17) is 4.98 Å². The summed E-state index contributed by atoms with van der Waals surface area (Å²) >= 11 is 1.50. The first kappa shape index (κ1) is 16.9. The van der Waals surface area contributed by atoms with Gasteiger partial charge in [-0.3, -0.25) is 4.79 Å². The third kappa shape index (κ3) is 2.92. The van der Waals surface area contributed by atoms with Crippen LogP contribution in [0.25, 0.3) is 11.4 Å². The predicted octanol–water partition coefficient (Wildman–Crippen LogP) is 3.56. The monoisotopic (exact) mass is 367 g/mol. The molecule has 2 aromatic heterocycles. The molecule has 1 atom stereocenters. The minimum absolute atomic E-state index is 0.0245. The molecular weight excluding hydrogens is 346 g/mol. The van der Waals surface area contributed by atoms with Gasteiger partial charge in [-0.05, 0) is 12.8 Å². The number of rotatable bonds is 3. The van der Waals surface area contributed by atoms with Crippen molar-refractivity contribution in [1.29, 1.82) is 0 Å². The van der Waals surface area contributed by atoms with E-state index >= 15 is 0 Å². The van der Waals surface area contributed by atoms with E-state index in [1.807, 2.05) is 52.2 Å². The van der Waals surface area contributed by atoms with Gasteiger partial charge in [-0.2, -0.15) is 5.10 Å². The number of aromatic nitrogens is 4. The van der Waals surface area contributed by atoms with Crippen molar-refractivity contribution in [3.05, 3.63) is 52.2 Å². The van der Waals surface area contributed by atoms with Gasteiger partial charge in [0, 0.05) is 17.5 Å². The van der Waals surface area contributed by atoms with E-state index in [1.165, 1.54) is 11.3 Å². The Bertz CT molecular complexity index is 931. The first-order chi connectivity index (χ1) is 12.5. The lowest BCUT2D eigenvalue weighted by Gasteiger charge is -2.37. The van der Waals surface area contributed by atoms with E-state index in [1.54, 1.807) is 0 Å². The van der Waals surface area contributed by atoms with Gasteiger partial charge in [-0.25, -0.2) is 14.6 Å². The molecule has 1 aliphatic rings. The Morgan fingerprint density at radius 2 is 1.96 bits per heavy atom. The smallest absolute Gasteiger partial charge is 0.274 e. The Labute approximate surface area is 156 Å². The molecule has 0 bridgehead atoms. The van der Waals surface area contributed by atoms with Crippen molar-refractivity contribution in [1.82, 2.24) is 24.6 Å². The van der Waals surface area contributed by atoms with Gasteiger partial charge in [-0.15, -0.1) is 11.3 Å². The van der Waals surface area contributed by atoms with Crippen LogP contribution in [0.5, 0.6) is 0 Å². The molecule has 0 radical (unpaired) electrons. The zero-order chi connectivity index (χ0) is 18.3. The fraction of sp³-hybridized carbons (Fsp3) is 0.368. The van der Waals surface area contributed by atoms with E-state index < -0.39 is 0 Å². The van der Waals surface area contributed by atoms with Gasteiger partial charge in [0.15, 0.2) is 11.6 Å². The molecule has 7 heteroatoms. The second-order valence-electron chi connectivity index (χ2n) is 6.82. The number of thiazole rings is 1. The lowest BCUT2D eigenvalue weighted by molar-refractivity contribution is 0.0531. The van der Waals surface area contributed by atoms with Crippen LogP contribution in [0.1, 0.15) is 41.2 Å². The van der Waals surface area contributed by atoms with Gasteiger partial charge in [0.2, 0.25) is 0 Å². The Hall–Kier alpha value is -2.54. The van der Waals surface area contributed by atoms with E-state index in [0.29, 0.717) is 24.6 Å². The molecule has 0 saturated carbocycles. The highest BCUT2D eigenvalue weighted by molar-refractivity contribution is 7.09. The van der Waals surface area contributed by atoms with Crippen LogP contribution in [0.2, 0.25) is 0 Å². The lowest BCUT2D eigenvalue weighted by atomic mass is 9.99. The third-order valence-electron chi connectivity index (χ3n) is 4.62. The second kappa shape index (κ2) is 6.64. The number of amides is 1. The summed E-state index contributed by atoms with van der Waals surface area (Å²) in [5.74, 6) is 1.77. The molecule has 0 saturated heterocycles. The molecule has 0 unspecified atom stereocenters. The summed E-state index contributed by atoms with van der Waals surface area (Å²) in [7, 11) is 0. The van der Waals surface area contributed by atoms with Crippen molar-refractivity contribution < 1.29 is 4.79 Å². The minimum Gasteiger partial charge on any atom is -0.325 e. The first-order valence-electron chi connectivity index (χ1n) is 8.78. The highest BCUT2D eigenvalue weighted by Crippen LogP contribution is 2.33. The van der Waals surface area contributed by atoms with Gasteiger partial charge in [0.25, 0.3) is 5.91 Å². The maximum absolute atomic E-state index is 13.0. The summed E-state index contributed by atoms with van der Waals surface area (Å²) < 4.78 is 1.95.